The summed E-state index contributed by atoms with van der Waals surface area (Å²) in [5.74, 6) is 1.76. The Morgan fingerprint density at radius 1 is 1.53 bits per heavy atom. The van der Waals surface area contributed by atoms with Crippen LogP contribution < -0.4 is 4.72 Å². The Morgan fingerprint density at radius 2 is 2.20 bits per heavy atom. The maximum Gasteiger partial charge on any atom is 0.321 e. The monoisotopic (exact) mass is 269 g/mol. The van der Waals surface area contributed by atoms with Crippen LogP contribution in [0.25, 0.3) is 0 Å². The number of esters is 1. The quantitative estimate of drug-likeness (QED) is 0.312. The minimum absolute atomic E-state index is 0.173. The van der Waals surface area contributed by atoms with Crippen LogP contribution in [0.4, 0.5) is 0 Å². The van der Waals surface area contributed by atoms with Crippen LogP contribution in [-0.4, -0.2) is 41.5 Å². The molecule has 7 heteroatoms. The van der Waals surface area contributed by atoms with E-state index in [1.54, 1.807) is 11.8 Å². The summed E-state index contributed by atoms with van der Waals surface area (Å²) in [6.07, 6.45) is 0. The third-order valence-electron chi connectivity index (χ3n) is 1.31. The average molecular weight is 269 g/mol. The molecule has 0 aliphatic carbocycles. The number of nitrogens with one attached hydrogen (secondary N) is 1. The molecule has 0 aliphatic rings. The van der Waals surface area contributed by atoms with Crippen LogP contribution in [0.1, 0.15) is 6.92 Å². The van der Waals surface area contributed by atoms with Crippen molar-refractivity contribution in [3.8, 4) is 0 Å². The lowest BCUT2D eigenvalue weighted by Gasteiger charge is -2.13. The number of ether oxygens (including phenoxy) is 1. The topological polar surface area (TPSA) is 55.4 Å². The van der Waals surface area contributed by atoms with Crippen molar-refractivity contribution in [3.05, 3.63) is 0 Å². The van der Waals surface area contributed by atoms with E-state index in [2.05, 4.69) is 22.1 Å². The number of amides is 1. The molecule has 0 heterocycles. The van der Waals surface area contributed by atoms with Crippen molar-refractivity contribution < 1.29 is 14.3 Å². The van der Waals surface area contributed by atoms with Crippen molar-refractivity contribution in [1.29, 1.82) is 0 Å². The number of rotatable bonds is 7. The van der Waals surface area contributed by atoms with Crippen molar-refractivity contribution in [2.75, 3.05) is 24.4 Å². The zero-order valence-corrected chi connectivity index (χ0v) is 11.2. The molecule has 1 atom stereocenters. The summed E-state index contributed by atoms with van der Waals surface area (Å²) >= 11 is 6.77. The molecular formula is C8H15NO3S3. The zero-order valence-electron chi connectivity index (χ0n) is 8.69. The largest absolute Gasteiger partial charge is 0.468 e. The fourth-order valence-corrected chi connectivity index (χ4v) is 2.79. The minimum Gasteiger partial charge on any atom is -0.468 e. The third kappa shape index (κ3) is 7.87. The van der Waals surface area contributed by atoms with E-state index in [1.807, 2.05) is 0 Å². The number of thiol groups is 1. The standard InChI is InChI=1S/C8H15NO3S3/c1-6(10)9-15-7(8(11)12-2)5-14-4-3-13/h7,13H,3-5H2,1-2H3,(H,9,10). The molecule has 1 unspecified atom stereocenters. The van der Waals surface area contributed by atoms with E-state index >= 15 is 0 Å². The van der Waals surface area contributed by atoms with Gasteiger partial charge in [-0.3, -0.25) is 14.3 Å². The molecular weight excluding hydrogens is 254 g/mol. The molecule has 0 saturated heterocycles. The molecule has 88 valence electrons. The number of hydrogen-bond acceptors (Lipinski definition) is 6. The summed E-state index contributed by atoms with van der Waals surface area (Å²) in [6, 6.07) is 0. The summed E-state index contributed by atoms with van der Waals surface area (Å²) in [7, 11) is 1.34. The fourth-order valence-electron chi connectivity index (χ4n) is 0.691. The SMILES string of the molecule is COC(=O)C(CSCCS)SNC(C)=O. The van der Waals surface area contributed by atoms with Gasteiger partial charge in [0.2, 0.25) is 5.91 Å². The lowest BCUT2D eigenvalue weighted by molar-refractivity contribution is -0.139. The number of carbonyl (C=O) groups is 2. The Morgan fingerprint density at radius 3 is 2.67 bits per heavy atom. The maximum absolute atomic E-state index is 11.3. The fraction of sp³-hybridized carbons (Fsp3) is 0.750. The van der Waals surface area contributed by atoms with Gasteiger partial charge in [0.05, 0.1) is 7.11 Å². The molecule has 0 spiro atoms. The van der Waals surface area contributed by atoms with Crippen LogP contribution in [0.5, 0.6) is 0 Å². The first-order chi connectivity index (χ1) is 7.11. The van der Waals surface area contributed by atoms with Gasteiger partial charge < -0.3 is 4.74 Å². The van der Waals surface area contributed by atoms with Gasteiger partial charge in [-0.25, -0.2) is 0 Å². The number of carbonyl (C=O) groups excluding carboxylic acids is 2. The number of methoxy groups -OCH3 is 1. The third-order valence-corrected chi connectivity index (χ3v) is 4.16. The van der Waals surface area contributed by atoms with Crippen molar-refractivity contribution in [3.63, 3.8) is 0 Å². The number of hydrogen-bond donors (Lipinski definition) is 2. The molecule has 0 radical (unpaired) electrons. The second kappa shape index (κ2) is 9.23. The van der Waals surface area contributed by atoms with Crippen molar-refractivity contribution in [1.82, 2.24) is 4.72 Å². The van der Waals surface area contributed by atoms with Gasteiger partial charge in [0.25, 0.3) is 0 Å². The summed E-state index contributed by atoms with van der Waals surface area (Å²) in [5, 5.41) is -0.358. The zero-order chi connectivity index (χ0) is 11.7. The lowest BCUT2D eigenvalue weighted by Crippen LogP contribution is -2.27. The van der Waals surface area contributed by atoms with E-state index in [0.717, 1.165) is 23.5 Å². The lowest BCUT2D eigenvalue weighted by atomic mass is 10.5. The average Bonchev–Trinajstić information content (AvgIpc) is 2.21. The Bertz CT molecular complexity index is 213. The van der Waals surface area contributed by atoms with Crippen LogP contribution in [-0.2, 0) is 14.3 Å². The molecule has 0 aromatic heterocycles. The highest BCUT2D eigenvalue weighted by Crippen LogP contribution is 2.15. The first kappa shape index (κ1) is 15.0. The Balaban J connectivity index is 3.95. The van der Waals surface area contributed by atoms with Gasteiger partial charge in [0, 0.05) is 18.4 Å². The van der Waals surface area contributed by atoms with Gasteiger partial charge in [0.15, 0.2) is 0 Å². The molecule has 15 heavy (non-hydrogen) atoms. The van der Waals surface area contributed by atoms with E-state index in [-0.39, 0.29) is 17.1 Å². The van der Waals surface area contributed by atoms with Gasteiger partial charge >= 0.3 is 5.97 Å². The molecule has 0 aromatic rings. The Kier molecular flexibility index (Phi) is 9.23. The van der Waals surface area contributed by atoms with E-state index in [0.29, 0.717) is 5.75 Å². The minimum atomic E-state index is -0.358. The highest BCUT2D eigenvalue weighted by Gasteiger charge is 2.20. The predicted octanol–water partition coefficient (Wildman–Crippen LogP) is 0.975. The first-order valence-corrected chi connectivity index (χ1v) is 6.97. The van der Waals surface area contributed by atoms with Crippen molar-refractivity contribution in [2.45, 2.75) is 12.2 Å². The molecule has 0 fully saturated rings. The van der Waals surface area contributed by atoms with E-state index in [9.17, 15) is 9.59 Å². The van der Waals surface area contributed by atoms with Crippen LogP contribution in [0.2, 0.25) is 0 Å². The van der Waals surface area contributed by atoms with Crippen molar-refractivity contribution in [2.24, 2.45) is 0 Å². The molecule has 0 bridgehead atoms. The smallest absolute Gasteiger partial charge is 0.321 e. The summed E-state index contributed by atoms with van der Waals surface area (Å²) in [6.45, 7) is 1.40. The Hall–Kier alpha value is -0.0100. The van der Waals surface area contributed by atoms with Gasteiger partial charge in [-0.15, -0.1) is 0 Å². The number of thioether (sulfide) groups is 1. The van der Waals surface area contributed by atoms with Crippen LogP contribution >= 0.6 is 36.3 Å². The molecule has 4 nitrogen and oxygen atoms in total. The first-order valence-electron chi connectivity index (χ1n) is 4.30. The van der Waals surface area contributed by atoms with Gasteiger partial charge in [-0.05, 0) is 17.7 Å². The summed E-state index contributed by atoms with van der Waals surface area (Å²) < 4.78 is 7.16. The van der Waals surface area contributed by atoms with Crippen LogP contribution in [0.15, 0.2) is 0 Å². The molecule has 0 aromatic carbocycles. The van der Waals surface area contributed by atoms with Crippen LogP contribution in [0.3, 0.4) is 0 Å². The predicted molar refractivity (Wildman–Crippen MR) is 68.4 cm³/mol. The van der Waals surface area contributed by atoms with Gasteiger partial charge in [-0.1, -0.05) is 0 Å². The van der Waals surface area contributed by atoms with E-state index in [1.165, 1.54) is 14.0 Å². The normalized spacial score (nSPS) is 11.9. The molecule has 1 N–H and O–H groups in total. The summed E-state index contributed by atoms with van der Waals surface area (Å²) in [5.41, 5.74) is 0. The second-order valence-electron chi connectivity index (χ2n) is 2.59. The summed E-state index contributed by atoms with van der Waals surface area (Å²) in [4.78, 5) is 22.0. The maximum atomic E-state index is 11.3. The highest BCUT2D eigenvalue weighted by molar-refractivity contribution is 8.03. The molecule has 0 rings (SSSR count). The van der Waals surface area contributed by atoms with Crippen LogP contribution in [0, 0.1) is 0 Å². The second-order valence-corrected chi connectivity index (χ2v) is 5.19. The molecule has 1 amide bonds. The van der Waals surface area contributed by atoms with Gasteiger partial charge in [0.1, 0.15) is 5.25 Å². The van der Waals surface area contributed by atoms with Crippen molar-refractivity contribution >= 4 is 48.2 Å². The Labute approximate surface area is 104 Å². The molecule has 0 aliphatic heterocycles. The van der Waals surface area contributed by atoms with E-state index < -0.39 is 0 Å². The highest BCUT2D eigenvalue weighted by atomic mass is 32.2. The van der Waals surface area contributed by atoms with E-state index in [4.69, 9.17) is 0 Å². The molecule has 0 saturated carbocycles. The van der Waals surface area contributed by atoms with Gasteiger partial charge in [-0.2, -0.15) is 24.4 Å².